The van der Waals surface area contributed by atoms with Crippen molar-refractivity contribution in [3.63, 3.8) is 0 Å². The standard InChI is InChI=1S/C16H20N6O4/c1-9-6-21-12-13(18-15(21)20(9)7-10-4-3-5-26-10)19(2)16(25)22(14(12)24)8-11(17)23/h6,10H,3-5,7-8H2,1-2H3,(H2,17,23)/t10-/m0/s1. The van der Waals surface area contributed by atoms with Crippen LogP contribution in [0.5, 0.6) is 0 Å². The predicted molar refractivity (Wildman–Crippen MR) is 93.1 cm³/mol. The zero-order valence-electron chi connectivity index (χ0n) is 14.6. The lowest BCUT2D eigenvalue weighted by Gasteiger charge is -2.11. The molecule has 0 bridgehead atoms. The van der Waals surface area contributed by atoms with Crippen molar-refractivity contribution < 1.29 is 9.53 Å². The van der Waals surface area contributed by atoms with Crippen LogP contribution in [0.2, 0.25) is 0 Å². The summed E-state index contributed by atoms with van der Waals surface area (Å²) in [7, 11) is 1.52. The number of ether oxygens (including phenoxy) is 1. The van der Waals surface area contributed by atoms with Gasteiger partial charge >= 0.3 is 5.69 Å². The highest BCUT2D eigenvalue weighted by atomic mass is 16.5. The lowest BCUT2D eigenvalue weighted by atomic mass is 10.2. The molecule has 10 heteroatoms. The maximum atomic E-state index is 12.8. The molecule has 3 aromatic rings. The molecule has 0 saturated carbocycles. The average Bonchev–Trinajstić information content (AvgIpc) is 3.28. The van der Waals surface area contributed by atoms with Crippen molar-refractivity contribution >= 4 is 22.8 Å². The van der Waals surface area contributed by atoms with Crippen molar-refractivity contribution in [3.05, 3.63) is 32.7 Å². The van der Waals surface area contributed by atoms with Gasteiger partial charge in [-0.3, -0.25) is 18.6 Å². The third-order valence-electron chi connectivity index (χ3n) is 4.86. The SMILES string of the molecule is Cc1cn2c3c(=O)n(CC(N)=O)c(=O)n(C)c3nc2n1C[C@@H]1CCCO1. The topological polar surface area (TPSA) is 119 Å². The molecule has 0 radical (unpaired) electrons. The van der Waals surface area contributed by atoms with Crippen molar-refractivity contribution in [1.82, 2.24) is 23.1 Å². The number of hydrogen-bond acceptors (Lipinski definition) is 5. The molecule has 1 fully saturated rings. The zero-order valence-corrected chi connectivity index (χ0v) is 14.6. The molecule has 1 aliphatic rings. The number of amides is 1. The molecule has 26 heavy (non-hydrogen) atoms. The first-order chi connectivity index (χ1) is 12.4. The van der Waals surface area contributed by atoms with Crippen molar-refractivity contribution in [2.45, 2.75) is 39.0 Å². The Morgan fingerprint density at radius 3 is 2.81 bits per heavy atom. The molecule has 3 aromatic heterocycles. The number of rotatable bonds is 4. The van der Waals surface area contributed by atoms with Crippen LogP contribution in [-0.4, -0.2) is 41.7 Å². The molecule has 4 heterocycles. The Morgan fingerprint density at radius 2 is 2.15 bits per heavy atom. The van der Waals surface area contributed by atoms with Gasteiger partial charge < -0.3 is 15.0 Å². The van der Waals surface area contributed by atoms with Gasteiger partial charge in [-0.05, 0) is 19.8 Å². The molecule has 1 aliphatic heterocycles. The smallest absolute Gasteiger partial charge is 0.332 e. The first-order valence-electron chi connectivity index (χ1n) is 8.46. The van der Waals surface area contributed by atoms with E-state index < -0.39 is 23.7 Å². The Hall–Kier alpha value is -2.88. The molecule has 138 valence electrons. The summed E-state index contributed by atoms with van der Waals surface area (Å²) in [6.07, 6.45) is 3.93. The molecule has 1 amide bonds. The van der Waals surface area contributed by atoms with Gasteiger partial charge in [-0.1, -0.05) is 0 Å². The van der Waals surface area contributed by atoms with E-state index in [4.69, 9.17) is 10.5 Å². The van der Waals surface area contributed by atoms with Crippen LogP contribution in [0.1, 0.15) is 18.5 Å². The number of hydrogen-bond donors (Lipinski definition) is 1. The minimum absolute atomic E-state index is 0.111. The maximum absolute atomic E-state index is 12.8. The van der Waals surface area contributed by atoms with Crippen LogP contribution in [0.4, 0.5) is 0 Å². The van der Waals surface area contributed by atoms with E-state index in [9.17, 15) is 14.4 Å². The minimum Gasteiger partial charge on any atom is -0.376 e. The molecule has 0 aromatic carbocycles. The van der Waals surface area contributed by atoms with E-state index in [1.54, 1.807) is 10.6 Å². The fourth-order valence-corrected chi connectivity index (χ4v) is 3.57. The van der Waals surface area contributed by atoms with E-state index in [-0.39, 0.29) is 17.3 Å². The van der Waals surface area contributed by atoms with Crippen LogP contribution in [0, 0.1) is 6.92 Å². The van der Waals surface area contributed by atoms with Crippen LogP contribution in [0.25, 0.3) is 16.9 Å². The van der Waals surface area contributed by atoms with Crippen LogP contribution >= 0.6 is 0 Å². The summed E-state index contributed by atoms with van der Waals surface area (Å²) in [6, 6.07) is 0. The highest BCUT2D eigenvalue weighted by Crippen LogP contribution is 2.20. The summed E-state index contributed by atoms with van der Waals surface area (Å²) in [6.45, 7) is 2.85. The minimum atomic E-state index is -0.753. The molecule has 0 unspecified atom stereocenters. The third-order valence-corrected chi connectivity index (χ3v) is 4.86. The number of carbonyl (C=O) groups is 1. The summed E-state index contributed by atoms with van der Waals surface area (Å²) in [5, 5.41) is 0. The Labute approximate surface area is 147 Å². The molecule has 2 N–H and O–H groups in total. The molecule has 1 atom stereocenters. The van der Waals surface area contributed by atoms with Crippen LogP contribution < -0.4 is 17.0 Å². The number of nitrogens with two attached hydrogens (primary N) is 1. The van der Waals surface area contributed by atoms with Crippen LogP contribution in [0.3, 0.4) is 0 Å². The van der Waals surface area contributed by atoms with Gasteiger partial charge in [0.1, 0.15) is 6.54 Å². The lowest BCUT2D eigenvalue weighted by molar-refractivity contribution is -0.118. The number of aryl methyl sites for hydroxylation is 2. The summed E-state index contributed by atoms with van der Waals surface area (Å²) in [4.78, 5) is 41.0. The predicted octanol–water partition coefficient (Wildman–Crippen LogP) is -0.878. The van der Waals surface area contributed by atoms with Crippen molar-refractivity contribution in [2.75, 3.05) is 6.61 Å². The monoisotopic (exact) mass is 360 g/mol. The van der Waals surface area contributed by atoms with Gasteiger partial charge in [0.2, 0.25) is 11.7 Å². The summed E-state index contributed by atoms with van der Waals surface area (Å²) < 4.78 is 11.5. The molecule has 0 spiro atoms. The third kappa shape index (κ3) is 2.37. The van der Waals surface area contributed by atoms with Gasteiger partial charge in [-0.15, -0.1) is 0 Å². The second kappa shape index (κ2) is 5.84. The molecule has 1 saturated heterocycles. The first kappa shape index (κ1) is 16.6. The van der Waals surface area contributed by atoms with Gasteiger partial charge in [0.05, 0.1) is 12.6 Å². The quantitative estimate of drug-likeness (QED) is 0.648. The van der Waals surface area contributed by atoms with Gasteiger partial charge in [-0.25, -0.2) is 9.36 Å². The van der Waals surface area contributed by atoms with E-state index >= 15 is 0 Å². The molecule has 10 nitrogen and oxygen atoms in total. The molecular formula is C16H20N6O4. The average molecular weight is 360 g/mol. The van der Waals surface area contributed by atoms with E-state index in [0.717, 1.165) is 29.7 Å². The van der Waals surface area contributed by atoms with E-state index in [1.807, 2.05) is 11.5 Å². The molecule has 0 aliphatic carbocycles. The number of imidazole rings is 2. The summed E-state index contributed by atoms with van der Waals surface area (Å²) in [5.74, 6) is -0.187. The fraction of sp³-hybridized carbons (Fsp3) is 0.500. The first-order valence-corrected chi connectivity index (χ1v) is 8.46. The number of primary amides is 1. The van der Waals surface area contributed by atoms with E-state index in [2.05, 4.69) is 4.98 Å². The van der Waals surface area contributed by atoms with Crippen LogP contribution in [-0.2, 0) is 29.7 Å². The van der Waals surface area contributed by atoms with Crippen molar-refractivity contribution in [3.8, 4) is 0 Å². The largest absolute Gasteiger partial charge is 0.376 e. The van der Waals surface area contributed by atoms with Gasteiger partial charge in [0.15, 0.2) is 11.2 Å². The Balaban J connectivity index is 1.98. The van der Waals surface area contributed by atoms with E-state index in [1.165, 1.54) is 11.6 Å². The van der Waals surface area contributed by atoms with Gasteiger partial charge in [0, 0.05) is 25.5 Å². The zero-order chi connectivity index (χ0) is 18.6. The van der Waals surface area contributed by atoms with E-state index in [0.29, 0.717) is 12.3 Å². The molecular weight excluding hydrogens is 340 g/mol. The highest BCUT2D eigenvalue weighted by molar-refractivity contribution is 5.77. The second-order valence-electron chi connectivity index (χ2n) is 6.67. The second-order valence-corrected chi connectivity index (χ2v) is 6.67. The Bertz CT molecular complexity index is 1140. The van der Waals surface area contributed by atoms with Gasteiger partial charge in [-0.2, -0.15) is 4.98 Å². The Morgan fingerprint density at radius 1 is 1.38 bits per heavy atom. The number of nitrogens with zero attached hydrogens (tertiary/aromatic N) is 5. The molecule has 4 rings (SSSR count). The lowest BCUT2D eigenvalue weighted by Crippen LogP contribution is -2.42. The van der Waals surface area contributed by atoms with Crippen molar-refractivity contribution in [1.29, 1.82) is 0 Å². The Kier molecular flexibility index (Phi) is 3.72. The summed E-state index contributed by atoms with van der Waals surface area (Å²) in [5.41, 5.74) is 5.43. The van der Waals surface area contributed by atoms with Gasteiger partial charge in [0.25, 0.3) is 5.56 Å². The number of fused-ring (bicyclic) bond motifs is 3. The highest BCUT2D eigenvalue weighted by Gasteiger charge is 2.23. The van der Waals surface area contributed by atoms with Crippen LogP contribution in [0.15, 0.2) is 15.8 Å². The normalized spacial score (nSPS) is 17.5. The summed E-state index contributed by atoms with van der Waals surface area (Å²) >= 11 is 0. The number of aromatic nitrogens is 5. The number of carbonyl (C=O) groups excluding carboxylic acids is 1. The maximum Gasteiger partial charge on any atom is 0.332 e. The van der Waals surface area contributed by atoms with Crippen molar-refractivity contribution in [2.24, 2.45) is 12.8 Å². The fourth-order valence-electron chi connectivity index (χ4n) is 3.57.